The number of unbranched alkanes of at least 4 members (excludes halogenated alkanes) is 3. The number of rotatable bonds is 21. The molecule has 0 aliphatic heterocycles. The van der Waals surface area contributed by atoms with E-state index in [1.54, 1.807) is 13.0 Å². The number of aryl methyl sites for hydroxylation is 2. The van der Waals surface area contributed by atoms with Gasteiger partial charge in [0.25, 0.3) is 0 Å². The van der Waals surface area contributed by atoms with Crippen molar-refractivity contribution < 1.29 is 28.9 Å². The number of halogens is 1. The molecule has 0 spiro atoms. The molecule has 0 unspecified atom stereocenters. The quantitative estimate of drug-likeness (QED) is 0.0512. The SMILES string of the molecule is C=C(C)C(=O)OCCc1cc(-c2ccc(-c3ccc(-c4ccc(CCCCC)cc4)cc3F)cc2CC)ccc1OCCC(CO)(CO)CCCC. The molecular weight excluding hydrogens is 651 g/mol. The minimum absolute atomic E-state index is 0.105. The normalized spacial score (nSPS) is 11.4. The molecule has 0 aromatic heterocycles. The van der Waals surface area contributed by atoms with Gasteiger partial charge in [0.15, 0.2) is 0 Å². The molecule has 0 saturated carbocycles. The van der Waals surface area contributed by atoms with Crippen LogP contribution in [0.15, 0.2) is 91.0 Å². The van der Waals surface area contributed by atoms with Crippen LogP contribution in [-0.4, -0.2) is 42.6 Å². The predicted molar refractivity (Wildman–Crippen MR) is 211 cm³/mol. The van der Waals surface area contributed by atoms with E-state index in [0.717, 1.165) is 71.0 Å². The number of ether oxygens (including phenoxy) is 2. The lowest BCUT2D eigenvalue weighted by molar-refractivity contribution is -0.138. The zero-order valence-electron chi connectivity index (χ0n) is 31.6. The van der Waals surface area contributed by atoms with Crippen LogP contribution in [-0.2, 0) is 28.8 Å². The molecule has 5 nitrogen and oxygen atoms in total. The van der Waals surface area contributed by atoms with Crippen molar-refractivity contribution in [2.24, 2.45) is 5.41 Å². The average molecular weight is 709 g/mol. The highest BCUT2D eigenvalue weighted by Crippen LogP contribution is 2.35. The highest BCUT2D eigenvalue weighted by molar-refractivity contribution is 5.87. The molecule has 0 fully saturated rings. The molecular formula is C46H57FO5. The molecule has 0 saturated heterocycles. The van der Waals surface area contributed by atoms with E-state index in [1.807, 2.05) is 36.4 Å². The van der Waals surface area contributed by atoms with Crippen molar-refractivity contribution in [3.05, 3.63) is 114 Å². The number of hydrogen-bond acceptors (Lipinski definition) is 5. The molecule has 0 aliphatic carbocycles. The summed E-state index contributed by atoms with van der Waals surface area (Å²) in [5.41, 5.74) is 8.28. The average Bonchev–Trinajstić information content (AvgIpc) is 3.16. The Labute approximate surface area is 310 Å². The zero-order chi connectivity index (χ0) is 37.5. The summed E-state index contributed by atoms with van der Waals surface area (Å²) in [5.74, 6) is -0.0306. The van der Waals surface area contributed by atoms with Crippen molar-refractivity contribution in [2.45, 2.75) is 91.9 Å². The lowest BCUT2D eigenvalue weighted by Gasteiger charge is -2.30. The monoisotopic (exact) mass is 708 g/mol. The van der Waals surface area contributed by atoms with E-state index in [-0.39, 0.29) is 25.6 Å². The van der Waals surface area contributed by atoms with Gasteiger partial charge in [0.2, 0.25) is 0 Å². The molecule has 4 aromatic carbocycles. The lowest BCUT2D eigenvalue weighted by Crippen LogP contribution is -2.32. The van der Waals surface area contributed by atoms with Gasteiger partial charge in [-0.2, -0.15) is 0 Å². The number of carbonyl (C=O) groups is 1. The molecule has 0 radical (unpaired) electrons. The van der Waals surface area contributed by atoms with Gasteiger partial charge >= 0.3 is 5.97 Å². The van der Waals surface area contributed by atoms with E-state index in [9.17, 15) is 15.0 Å². The lowest BCUT2D eigenvalue weighted by atomic mass is 9.81. The van der Waals surface area contributed by atoms with E-state index in [0.29, 0.717) is 36.3 Å². The van der Waals surface area contributed by atoms with Crippen LogP contribution in [0, 0.1) is 11.2 Å². The number of aliphatic hydroxyl groups is 2. The Hall–Kier alpha value is -4.26. The smallest absolute Gasteiger partial charge is 0.333 e. The molecule has 0 bridgehead atoms. The molecule has 6 heteroatoms. The van der Waals surface area contributed by atoms with Crippen molar-refractivity contribution in [2.75, 3.05) is 26.4 Å². The largest absolute Gasteiger partial charge is 0.493 e. The first kappa shape index (κ1) is 40.5. The first-order chi connectivity index (χ1) is 25.2. The molecule has 4 aromatic rings. The third-order valence-electron chi connectivity index (χ3n) is 10.1. The van der Waals surface area contributed by atoms with Crippen LogP contribution in [0.3, 0.4) is 0 Å². The van der Waals surface area contributed by atoms with Crippen molar-refractivity contribution >= 4 is 5.97 Å². The second-order valence-electron chi connectivity index (χ2n) is 14.1. The molecule has 0 atom stereocenters. The maximum absolute atomic E-state index is 15.7. The Bertz CT molecular complexity index is 1760. The van der Waals surface area contributed by atoms with Gasteiger partial charge in [-0.3, -0.25) is 0 Å². The van der Waals surface area contributed by atoms with Crippen LogP contribution in [0.5, 0.6) is 5.75 Å². The van der Waals surface area contributed by atoms with Crippen molar-refractivity contribution in [3.8, 4) is 39.1 Å². The molecule has 4 rings (SSSR count). The predicted octanol–water partition coefficient (Wildman–Crippen LogP) is 10.7. The van der Waals surface area contributed by atoms with Crippen LogP contribution in [0.25, 0.3) is 33.4 Å². The number of aliphatic hydroxyl groups excluding tert-OH is 2. The van der Waals surface area contributed by atoms with Crippen LogP contribution < -0.4 is 4.74 Å². The molecule has 278 valence electrons. The van der Waals surface area contributed by atoms with Crippen molar-refractivity contribution in [1.82, 2.24) is 0 Å². The summed E-state index contributed by atoms with van der Waals surface area (Å²) in [7, 11) is 0. The van der Waals surface area contributed by atoms with Gasteiger partial charge in [0.05, 0.1) is 26.4 Å². The topological polar surface area (TPSA) is 76.0 Å². The highest BCUT2D eigenvalue weighted by Gasteiger charge is 2.28. The standard InChI is InChI=1S/C46H57FO5/c1-6-9-11-12-34-13-15-36(16-14-34)37-17-21-42(43(47)30-37)39-18-20-41(35(8-3)28-39)38-19-22-44(40(29-38)23-26-52-45(50)33(4)5)51-27-25-46(31-48,32-49)24-10-7-2/h13-22,28-30,48-49H,4,6-12,23-27,31-32H2,1-3,5H3. The van der Waals surface area contributed by atoms with E-state index in [2.05, 4.69) is 63.7 Å². The molecule has 2 N–H and O–H groups in total. The van der Waals surface area contributed by atoms with E-state index >= 15 is 4.39 Å². The molecule has 52 heavy (non-hydrogen) atoms. The summed E-state index contributed by atoms with van der Waals surface area (Å²) in [6, 6.07) is 26.0. The van der Waals surface area contributed by atoms with E-state index in [1.165, 1.54) is 24.8 Å². The van der Waals surface area contributed by atoms with Gasteiger partial charge in [-0.15, -0.1) is 0 Å². The number of carbonyl (C=O) groups excluding carboxylic acids is 1. The summed E-state index contributed by atoms with van der Waals surface area (Å²) >= 11 is 0. The summed E-state index contributed by atoms with van der Waals surface area (Å²) in [6.07, 6.45) is 8.99. The van der Waals surface area contributed by atoms with Crippen LogP contribution >= 0.6 is 0 Å². The van der Waals surface area contributed by atoms with Crippen LogP contribution in [0.4, 0.5) is 4.39 Å². The van der Waals surface area contributed by atoms with E-state index < -0.39 is 11.4 Å². The summed E-state index contributed by atoms with van der Waals surface area (Å²) in [4.78, 5) is 12.1. The maximum atomic E-state index is 15.7. The van der Waals surface area contributed by atoms with Crippen molar-refractivity contribution in [1.29, 1.82) is 0 Å². The summed E-state index contributed by atoms with van der Waals surface area (Å²) in [6.45, 7) is 12.0. The Morgan fingerprint density at radius 1 is 0.712 bits per heavy atom. The van der Waals surface area contributed by atoms with Gasteiger partial charge in [-0.05, 0) is 102 Å². The first-order valence-electron chi connectivity index (χ1n) is 19.0. The van der Waals surface area contributed by atoms with Crippen LogP contribution in [0.1, 0.15) is 89.3 Å². The summed E-state index contributed by atoms with van der Waals surface area (Å²) in [5, 5.41) is 20.2. The molecule has 0 aliphatic rings. The highest BCUT2D eigenvalue weighted by atomic mass is 19.1. The fraction of sp³-hybridized carbons (Fsp3) is 0.413. The Morgan fingerprint density at radius 2 is 1.35 bits per heavy atom. The van der Waals surface area contributed by atoms with Gasteiger partial charge in [-0.1, -0.05) is 114 Å². The third kappa shape index (κ3) is 10.9. The van der Waals surface area contributed by atoms with E-state index in [4.69, 9.17) is 9.47 Å². The fourth-order valence-electron chi connectivity index (χ4n) is 6.59. The first-order valence-corrected chi connectivity index (χ1v) is 19.0. The minimum atomic E-state index is -0.593. The maximum Gasteiger partial charge on any atom is 0.333 e. The zero-order valence-corrected chi connectivity index (χ0v) is 31.6. The van der Waals surface area contributed by atoms with Crippen LogP contribution in [0.2, 0.25) is 0 Å². The summed E-state index contributed by atoms with van der Waals surface area (Å²) < 4.78 is 27.4. The molecule has 0 amide bonds. The fourth-order valence-corrected chi connectivity index (χ4v) is 6.59. The Kier molecular flexibility index (Phi) is 15.7. The minimum Gasteiger partial charge on any atom is -0.493 e. The van der Waals surface area contributed by atoms with Gasteiger partial charge in [0.1, 0.15) is 11.6 Å². The third-order valence-corrected chi connectivity index (χ3v) is 10.1. The second-order valence-corrected chi connectivity index (χ2v) is 14.1. The van der Waals surface area contributed by atoms with Gasteiger partial charge < -0.3 is 19.7 Å². The second kappa shape index (κ2) is 20.1. The molecule has 0 heterocycles. The van der Waals surface area contributed by atoms with Gasteiger partial charge in [-0.25, -0.2) is 9.18 Å². The Morgan fingerprint density at radius 3 is 2.00 bits per heavy atom. The van der Waals surface area contributed by atoms with Gasteiger partial charge in [0, 0.05) is 23.0 Å². The number of hydrogen-bond donors (Lipinski definition) is 2. The Balaban J connectivity index is 1.57. The van der Waals surface area contributed by atoms with Crippen molar-refractivity contribution in [3.63, 3.8) is 0 Å². The number of benzene rings is 4. The number of esters is 1.